The highest BCUT2D eigenvalue weighted by Crippen LogP contribution is 2.47. The first-order chi connectivity index (χ1) is 33.9. The smallest absolute Gasteiger partial charge is 0.343 e. The van der Waals surface area contributed by atoms with E-state index in [2.05, 4.69) is 26.3 Å². The fraction of sp³-hybridized carbons (Fsp3) is 0.296. The number of hydrogen-bond acceptors (Lipinski definition) is 16. The number of fused-ring (bicyclic) bond motifs is 3. The standard InChI is InChI=1S/C54H56O16/c1-6-49(55)65-34-43(67-51(57)8-3)32-61-26-10-12-28-63-39-18-14-37(15-19-39)53(59)69-41-22-24-45-46-25-23-42(31-48(46)36(5)47(45)30-41)70-54(60)38-16-20-40(21-17-38)64-29-13-11-27-62-33-44(68-52(58)9-4)35-66-50(56)7-2/h6-9,14-25,30-31,36,43-44H,1-4,10-13,26-29,32-35H2,5H3. The number of benzene rings is 4. The molecule has 4 aromatic rings. The summed E-state index contributed by atoms with van der Waals surface area (Å²) in [5.74, 6) is -1.77. The van der Waals surface area contributed by atoms with Crippen molar-refractivity contribution in [1.29, 1.82) is 0 Å². The van der Waals surface area contributed by atoms with Crippen LogP contribution < -0.4 is 18.9 Å². The van der Waals surface area contributed by atoms with E-state index in [-0.39, 0.29) is 32.3 Å². The van der Waals surface area contributed by atoms with Crippen LogP contribution in [0.5, 0.6) is 23.0 Å². The first-order valence-electron chi connectivity index (χ1n) is 22.5. The molecule has 0 heterocycles. The lowest BCUT2D eigenvalue weighted by molar-refractivity contribution is -0.156. The quantitative estimate of drug-likeness (QED) is 0.0159. The topological polar surface area (TPSA) is 195 Å². The highest BCUT2D eigenvalue weighted by Gasteiger charge is 2.27. The summed E-state index contributed by atoms with van der Waals surface area (Å²) in [6, 6.07) is 24.3. The van der Waals surface area contributed by atoms with Gasteiger partial charge in [0.1, 0.15) is 36.2 Å². The van der Waals surface area contributed by atoms with Gasteiger partial charge in [-0.15, -0.1) is 0 Å². The summed E-state index contributed by atoms with van der Waals surface area (Å²) in [4.78, 5) is 72.2. The Morgan fingerprint density at radius 1 is 0.471 bits per heavy atom. The van der Waals surface area contributed by atoms with Crippen LogP contribution in [0.1, 0.15) is 70.4 Å². The second-order valence-corrected chi connectivity index (χ2v) is 15.5. The predicted octanol–water partition coefficient (Wildman–Crippen LogP) is 8.26. The van der Waals surface area contributed by atoms with Gasteiger partial charge in [0.05, 0.1) is 37.6 Å². The van der Waals surface area contributed by atoms with E-state index in [1.807, 2.05) is 31.2 Å². The van der Waals surface area contributed by atoms with E-state index in [4.69, 9.17) is 47.4 Å². The molecule has 0 fully saturated rings. The molecule has 4 aromatic carbocycles. The number of unbranched alkanes of at least 4 members (excludes halogenated alkanes) is 2. The summed E-state index contributed by atoms with van der Waals surface area (Å²) in [5, 5.41) is 0. The van der Waals surface area contributed by atoms with Crippen molar-refractivity contribution in [2.24, 2.45) is 0 Å². The SMILES string of the molecule is C=CC(=O)OCC(COCCCCOc1ccc(C(=O)Oc2ccc3c(c2)C(C)c2cc(OC(=O)c4ccc(OCCCCOCC(COC(=O)C=C)OC(=O)C=C)cc4)ccc2-3)cc1)OC(=O)C=C. The van der Waals surface area contributed by atoms with Crippen molar-refractivity contribution in [1.82, 2.24) is 0 Å². The van der Waals surface area contributed by atoms with E-state index >= 15 is 0 Å². The molecule has 0 amide bonds. The minimum absolute atomic E-state index is 0.0331. The van der Waals surface area contributed by atoms with Gasteiger partial charge >= 0.3 is 35.8 Å². The highest BCUT2D eigenvalue weighted by molar-refractivity contribution is 5.92. The van der Waals surface area contributed by atoms with Crippen LogP contribution in [0.4, 0.5) is 0 Å². The van der Waals surface area contributed by atoms with Gasteiger partial charge in [-0.25, -0.2) is 28.8 Å². The molecule has 0 aromatic heterocycles. The Labute approximate surface area is 406 Å². The first-order valence-corrected chi connectivity index (χ1v) is 22.5. The first kappa shape index (κ1) is 53.1. The van der Waals surface area contributed by atoms with Crippen LogP contribution in [-0.2, 0) is 47.6 Å². The van der Waals surface area contributed by atoms with Gasteiger partial charge in [0, 0.05) is 43.4 Å². The molecular weight excluding hydrogens is 905 g/mol. The Kier molecular flexibility index (Phi) is 21.1. The van der Waals surface area contributed by atoms with E-state index in [0.717, 1.165) is 46.6 Å². The zero-order valence-corrected chi connectivity index (χ0v) is 39.0. The van der Waals surface area contributed by atoms with Crippen LogP contribution in [0, 0.1) is 0 Å². The summed E-state index contributed by atoms with van der Waals surface area (Å²) < 4.78 is 54.6. The van der Waals surface area contributed by atoms with Crippen LogP contribution in [-0.4, -0.2) is 101 Å². The van der Waals surface area contributed by atoms with Crippen LogP contribution in [0.3, 0.4) is 0 Å². The second kappa shape index (κ2) is 27.9. The monoisotopic (exact) mass is 960 g/mol. The van der Waals surface area contributed by atoms with Crippen molar-refractivity contribution in [3.63, 3.8) is 0 Å². The molecule has 1 aliphatic rings. The van der Waals surface area contributed by atoms with Crippen LogP contribution in [0.2, 0.25) is 0 Å². The Bertz CT molecular complexity index is 2300. The number of carbonyl (C=O) groups is 6. The maximum atomic E-state index is 13.1. The highest BCUT2D eigenvalue weighted by atomic mass is 16.6. The molecule has 5 rings (SSSR count). The van der Waals surface area contributed by atoms with E-state index in [1.54, 1.807) is 60.7 Å². The largest absolute Gasteiger partial charge is 0.494 e. The van der Waals surface area contributed by atoms with Crippen LogP contribution in [0.25, 0.3) is 11.1 Å². The zero-order valence-electron chi connectivity index (χ0n) is 39.0. The predicted molar refractivity (Wildman–Crippen MR) is 256 cm³/mol. The van der Waals surface area contributed by atoms with Crippen molar-refractivity contribution < 1.29 is 76.1 Å². The molecule has 0 saturated carbocycles. The van der Waals surface area contributed by atoms with Gasteiger partial charge in [-0.05, 0) is 121 Å². The summed E-state index contributed by atoms with van der Waals surface area (Å²) >= 11 is 0. The number of esters is 6. The fourth-order valence-corrected chi connectivity index (χ4v) is 6.84. The van der Waals surface area contributed by atoms with Gasteiger partial charge < -0.3 is 47.4 Å². The minimum atomic E-state index is -0.786. The van der Waals surface area contributed by atoms with E-state index in [0.29, 0.717) is 86.2 Å². The number of rotatable bonds is 30. The second-order valence-electron chi connectivity index (χ2n) is 15.5. The Hall–Kier alpha value is -7.82. The number of carbonyl (C=O) groups excluding carboxylic acids is 6. The molecule has 16 heteroatoms. The van der Waals surface area contributed by atoms with Gasteiger partial charge in [0.25, 0.3) is 0 Å². The minimum Gasteiger partial charge on any atom is -0.494 e. The molecule has 0 saturated heterocycles. The molecule has 2 atom stereocenters. The molecule has 16 nitrogen and oxygen atoms in total. The van der Waals surface area contributed by atoms with E-state index in [9.17, 15) is 28.8 Å². The lowest BCUT2D eigenvalue weighted by Gasteiger charge is -2.17. The van der Waals surface area contributed by atoms with E-state index < -0.39 is 48.0 Å². The van der Waals surface area contributed by atoms with E-state index in [1.165, 1.54) is 0 Å². The maximum Gasteiger partial charge on any atom is 0.343 e. The molecule has 0 radical (unpaired) electrons. The molecule has 1 aliphatic carbocycles. The van der Waals surface area contributed by atoms with Crippen LogP contribution in [0.15, 0.2) is 136 Å². The number of hydrogen-bond donors (Lipinski definition) is 0. The lowest BCUT2D eigenvalue weighted by Crippen LogP contribution is -2.29. The van der Waals surface area contributed by atoms with Crippen molar-refractivity contribution in [3.05, 3.63) is 158 Å². The Balaban J connectivity index is 1.01. The van der Waals surface area contributed by atoms with Gasteiger partial charge in [0.2, 0.25) is 0 Å². The van der Waals surface area contributed by atoms with Gasteiger partial charge in [-0.1, -0.05) is 45.4 Å². The van der Waals surface area contributed by atoms with Crippen LogP contribution >= 0.6 is 0 Å². The zero-order chi connectivity index (χ0) is 50.3. The molecule has 70 heavy (non-hydrogen) atoms. The Morgan fingerprint density at radius 2 is 0.829 bits per heavy atom. The molecule has 0 N–H and O–H groups in total. The maximum absolute atomic E-state index is 13.1. The van der Waals surface area contributed by atoms with Gasteiger partial charge in [0.15, 0.2) is 12.2 Å². The average molecular weight is 961 g/mol. The molecule has 368 valence electrons. The fourth-order valence-electron chi connectivity index (χ4n) is 6.84. The third-order valence-corrected chi connectivity index (χ3v) is 10.4. The Morgan fingerprint density at radius 3 is 1.20 bits per heavy atom. The van der Waals surface area contributed by atoms with Crippen molar-refractivity contribution in [2.75, 3.05) is 52.9 Å². The summed E-state index contributed by atoms with van der Waals surface area (Å²) in [6.07, 6.45) is 5.12. The molecule has 0 aliphatic heterocycles. The van der Waals surface area contributed by atoms with Gasteiger partial charge in [-0.2, -0.15) is 0 Å². The average Bonchev–Trinajstić information content (AvgIpc) is 3.65. The normalized spacial score (nSPS) is 12.9. The lowest BCUT2D eigenvalue weighted by atomic mass is 9.99. The molecular formula is C54H56O16. The van der Waals surface area contributed by atoms with Crippen molar-refractivity contribution >= 4 is 35.8 Å². The summed E-state index contributed by atoms with van der Waals surface area (Å²) in [5.41, 5.74) is 4.61. The molecule has 0 bridgehead atoms. The van der Waals surface area contributed by atoms with Crippen molar-refractivity contribution in [2.45, 2.75) is 50.7 Å². The summed E-state index contributed by atoms with van der Waals surface area (Å²) in [6.45, 7) is 16.7. The number of ether oxygens (including phenoxy) is 10. The summed E-state index contributed by atoms with van der Waals surface area (Å²) in [7, 11) is 0. The molecule has 0 spiro atoms. The third kappa shape index (κ3) is 16.7. The third-order valence-electron chi connectivity index (χ3n) is 10.4. The molecule has 2 unspecified atom stereocenters. The van der Waals surface area contributed by atoms with Crippen molar-refractivity contribution in [3.8, 4) is 34.1 Å². The van der Waals surface area contributed by atoms with Gasteiger partial charge in [-0.3, -0.25) is 0 Å².